The molecular weight excluding hydrogens is 287 g/mol. The van der Waals surface area contributed by atoms with Crippen molar-refractivity contribution in [2.75, 3.05) is 5.32 Å². The largest absolute Gasteiger partial charge is 0.319 e. The van der Waals surface area contributed by atoms with Crippen molar-refractivity contribution in [3.8, 4) is 0 Å². The number of nitro groups is 1. The van der Waals surface area contributed by atoms with Crippen molar-refractivity contribution in [1.29, 1.82) is 0 Å². The number of hydrogen-bond acceptors (Lipinski definition) is 3. The second-order valence-electron chi connectivity index (χ2n) is 3.85. The first-order valence-corrected chi connectivity index (χ1v) is 5.86. The Morgan fingerprint density at radius 1 is 1.25 bits per heavy atom. The summed E-state index contributed by atoms with van der Waals surface area (Å²) in [5.74, 6) is -1.48. The van der Waals surface area contributed by atoms with Crippen LogP contribution in [0.4, 0.5) is 15.8 Å². The Balaban J connectivity index is 2.31. The molecular formula is C13H8ClFN2O3. The Morgan fingerprint density at radius 2 is 1.95 bits per heavy atom. The maximum absolute atomic E-state index is 13.6. The summed E-state index contributed by atoms with van der Waals surface area (Å²) in [7, 11) is 0. The number of nitrogens with one attached hydrogen (secondary N) is 1. The predicted octanol–water partition coefficient (Wildman–Crippen LogP) is 3.64. The monoisotopic (exact) mass is 294 g/mol. The number of para-hydroxylation sites is 1. The summed E-state index contributed by atoms with van der Waals surface area (Å²) >= 11 is 5.60. The number of nitro benzene ring substituents is 1. The zero-order valence-electron chi connectivity index (χ0n) is 9.97. The van der Waals surface area contributed by atoms with Gasteiger partial charge in [-0.2, -0.15) is 0 Å². The fraction of sp³-hybridized carbons (Fsp3) is 0. The van der Waals surface area contributed by atoms with Gasteiger partial charge in [-0.25, -0.2) is 4.39 Å². The summed E-state index contributed by atoms with van der Waals surface area (Å²) in [6.45, 7) is 0. The highest BCUT2D eigenvalue weighted by Crippen LogP contribution is 2.22. The Bertz CT molecular complexity index is 691. The van der Waals surface area contributed by atoms with Gasteiger partial charge in [0.05, 0.1) is 10.6 Å². The topological polar surface area (TPSA) is 72.2 Å². The highest BCUT2D eigenvalue weighted by atomic mass is 35.5. The van der Waals surface area contributed by atoms with Gasteiger partial charge in [0, 0.05) is 11.1 Å². The van der Waals surface area contributed by atoms with Crippen LogP contribution in [0.2, 0.25) is 5.02 Å². The molecule has 0 unspecified atom stereocenters. The van der Waals surface area contributed by atoms with Gasteiger partial charge in [0.15, 0.2) is 0 Å². The highest BCUT2D eigenvalue weighted by Gasteiger charge is 2.20. The highest BCUT2D eigenvalue weighted by molar-refractivity contribution is 6.30. The summed E-state index contributed by atoms with van der Waals surface area (Å²) < 4.78 is 13.6. The quantitative estimate of drug-likeness (QED) is 0.694. The molecule has 1 N–H and O–H groups in total. The molecule has 0 fully saturated rings. The van der Waals surface area contributed by atoms with Crippen LogP contribution in [0.5, 0.6) is 0 Å². The zero-order chi connectivity index (χ0) is 14.7. The van der Waals surface area contributed by atoms with E-state index < -0.39 is 16.6 Å². The number of anilines is 1. The van der Waals surface area contributed by atoms with Gasteiger partial charge in [0.1, 0.15) is 11.4 Å². The minimum absolute atomic E-state index is 0.0995. The second kappa shape index (κ2) is 5.66. The SMILES string of the molecule is O=C(Nc1ccc(Cl)cc1F)c1ccccc1[N+](=O)[O-]. The first-order chi connectivity index (χ1) is 9.49. The number of amides is 1. The average Bonchev–Trinajstić information content (AvgIpc) is 2.41. The first kappa shape index (κ1) is 14.0. The summed E-state index contributed by atoms with van der Waals surface area (Å²) in [6.07, 6.45) is 0. The molecule has 20 heavy (non-hydrogen) atoms. The molecule has 0 saturated heterocycles. The molecule has 0 aromatic heterocycles. The van der Waals surface area contributed by atoms with Gasteiger partial charge in [-0.3, -0.25) is 14.9 Å². The van der Waals surface area contributed by atoms with Gasteiger partial charge in [-0.1, -0.05) is 23.7 Å². The van der Waals surface area contributed by atoms with Crippen LogP contribution < -0.4 is 5.32 Å². The molecule has 2 aromatic carbocycles. The Labute approximate surface area is 118 Å². The molecule has 0 atom stereocenters. The smallest absolute Gasteiger partial charge is 0.282 e. The van der Waals surface area contributed by atoms with Crippen LogP contribution in [0, 0.1) is 15.9 Å². The summed E-state index contributed by atoms with van der Waals surface area (Å²) in [5, 5.41) is 13.3. The van der Waals surface area contributed by atoms with E-state index in [1.165, 1.54) is 36.4 Å². The van der Waals surface area contributed by atoms with Crippen molar-refractivity contribution in [2.24, 2.45) is 0 Å². The number of carbonyl (C=O) groups is 1. The van der Waals surface area contributed by atoms with Crippen molar-refractivity contribution < 1.29 is 14.1 Å². The zero-order valence-corrected chi connectivity index (χ0v) is 10.7. The van der Waals surface area contributed by atoms with Crippen LogP contribution in [-0.2, 0) is 0 Å². The number of rotatable bonds is 3. The normalized spacial score (nSPS) is 10.1. The van der Waals surface area contributed by atoms with Crippen LogP contribution in [0.15, 0.2) is 42.5 Å². The lowest BCUT2D eigenvalue weighted by atomic mass is 10.1. The van der Waals surface area contributed by atoms with Gasteiger partial charge < -0.3 is 5.32 Å². The van der Waals surface area contributed by atoms with E-state index in [0.717, 1.165) is 6.07 Å². The molecule has 5 nitrogen and oxygen atoms in total. The average molecular weight is 295 g/mol. The van der Waals surface area contributed by atoms with Gasteiger partial charge in [0.25, 0.3) is 11.6 Å². The van der Waals surface area contributed by atoms with Crippen LogP contribution in [-0.4, -0.2) is 10.8 Å². The minimum Gasteiger partial charge on any atom is -0.319 e. The number of benzene rings is 2. The van der Waals surface area contributed by atoms with E-state index in [1.54, 1.807) is 0 Å². The van der Waals surface area contributed by atoms with Gasteiger partial charge in [0.2, 0.25) is 0 Å². The number of hydrogen-bond donors (Lipinski definition) is 1. The standard InChI is InChI=1S/C13H8ClFN2O3/c14-8-5-6-11(10(15)7-8)16-13(18)9-3-1-2-4-12(9)17(19)20/h1-7H,(H,16,18). The molecule has 0 aliphatic carbocycles. The molecule has 0 heterocycles. The lowest BCUT2D eigenvalue weighted by Crippen LogP contribution is -2.14. The summed E-state index contributed by atoms with van der Waals surface area (Å²) in [6, 6.07) is 9.15. The molecule has 0 bridgehead atoms. The van der Waals surface area contributed by atoms with E-state index in [1.807, 2.05) is 0 Å². The Morgan fingerprint density at radius 3 is 2.60 bits per heavy atom. The van der Waals surface area contributed by atoms with Crippen molar-refractivity contribution in [3.05, 3.63) is 69.0 Å². The summed E-state index contributed by atoms with van der Waals surface area (Å²) in [5.41, 5.74) is -0.594. The van der Waals surface area contributed by atoms with E-state index in [-0.39, 0.29) is 22.0 Å². The fourth-order valence-corrected chi connectivity index (χ4v) is 1.76. The summed E-state index contributed by atoms with van der Waals surface area (Å²) in [4.78, 5) is 22.1. The van der Waals surface area contributed by atoms with E-state index in [0.29, 0.717) is 0 Å². The lowest BCUT2D eigenvalue weighted by molar-refractivity contribution is -0.385. The molecule has 0 spiro atoms. The van der Waals surface area contributed by atoms with Crippen molar-refractivity contribution >= 4 is 28.9 Å². The van der Waals surface area contributed by atoms with Crippen LogP contribution >= 0.6 is 11.6 Å². The van der Waals surface area contributed by atoms with E-state index in [2.05, 4.69) is 5.32 Å². The lowest BCUT2D eigenvalue weighted by Gasteiger charge is -2.07. The number of nitrogens with zero attached hydrogens (tertiary/aromatic N) is 1. The van der Waals surface area contributed by atoms with Crippen LogP contribution in [0.1, 0.15) is 10.4 Å². The minimum atomic E-state index is -0.765. The molecule has 0 radical (unpaired) electrons. The third kappa shape index (κ3) is 2.92. The van der Waals surface area contributed by atoms with E-state index >= 15 is 0 Å². The van der Waals surface area contributed by atoms with Crippen molar-refractivity contribution in [2.45, 2.75) is 0 Å². The van der Waals surface area contributed by atoms with Crippen molar-refractivity contribution in [3.63, 3.8) is 0 Å². The fourth-order valence-electron chi connectivity index (χ4n) is 1.61. The van der Waals surface area contributed by atoms with Crippen LogP contribution in [0.3, 0.4) is 0 Å². The third-order valence-electron chi connectivity index (χ3n) is 2.52. The van der Waals surface area contributed by atoms with Gasteiger partial charge >= 0.3 is 0 Å². The second-order valence-corrected chi connectivity index (χ2v) is 4.29. The van der Waals surface area contributed by atoms with Gasteiger partial charge in [-0.15, -0.1) is 0 Å². The maximum atomic E-state index is 13.6. The van der Waals surface area contributed by atoms with E-state index in [4.69, 9.17) is 11.6 Å². The Kier molecular flexibility index (Phi) is 3.95. The molecule has 7 heteroatoms. The van der Waals surface area contributed by atoms with E-state index in [9.17, 15) is 19.3 Å². The van der Waals surface area contributed by atoms with Crippen LogP contribution in [0.25, 0.3) is 0 Å². The molecule has 2 rings (SSSR count). The molecule has 0 saturated carbocycles. The third-order valence-corrected chi connectivity index (χ3v) is 2.76. The molecule has 0 aliphatic rings. The molecule has 0 aliphatic heterocycles. The molecule has 2 aromatic rings. The molecule has 102 valence electrons. The van der Waals surface area contributed by atoms with Crippen molar-refractivity contribution in [1.82, 2.24) is 0 Å². The maximum Gasteiger partial charge on any atom is 0.282 e. The number of halogens is 2. The van der Waals surface area contributed by atoms with Gasteiger partial charge in [-0.05, 0) is 24.3 Å². The predicted molar refractivity (Wildman–Crippen MR) is 72.5 cm³/mol. The first-order valence-electron chi connectivity index (χ1n) is 5.49. The molecule has 1 amide bonds. The Hall–Kier alpha value is -2.47. The number of carbonyl (C=O) groups excluding carboxylic acids is 1.